The number of hydrogen-bond donors (Lipinski definition) is 3. The molecular weight excluding hydrogens is 185 g/mol. The molecule has 0 radical (unpaired) electrons. The molecule has 0 aliphatic heterocycles. The highest BCUT2D eigenvalue weighted by atomic mass is 19.1. The number of phenolic OH excluding ortho intramolecular Hbond substituents is 1. The van der Waals surface area contributed by atoms with Gasteiger partial charge in [-0.15, -0.1) is 0 Å². The van der Waals surface area contributed by atoms with Crippen LogP contribution in [-0.4, -0.2) is 16.3 Å². The maximum absolute atomic E-state index is 13.2. The molecule has 1 aromatic carbocycles. The summed E-state index contributed by atoms with van der Waals surface area (Å²) in [7, 11) is 0. The van der Waals surface area contributed by atoms with Crippen LogP contribution >= 0.6 is 0 Å². The summed E-state index contributed by atoms with van der Waals surface area (Å²) in [4.78, 5) is 0. The summed E-state index contributed by atoms with van der Waals surface area (Å²) in [5.41, 5.74) is 5.70. The lowest BCUT2D eigenvalue weighted by Gasteiger charge is -2.17. The standard InChI is InChI=1S/C10H14FNO2/c1-2-9(12)10(14)7-4-3-6(13)5-8(7)11/h3-5,9-10,13-14H,2,12H2,1H3. The van der Waals surface area contributed by atoms with Crippen LogP contribution in [0, 0.1) is 5.82 Å². The van der Waals surface area contributed by atoms with E-state index in [-0.39, 0.29) is 11.3 Å². The third-order valence-corrected chi connectivity index (χ3v) is 2.18. The van der Waals surface area contributed by atoms with Gasteiger partial charge in [0.2, 0.25) is 0 Å². The second-order valence-electron chi connectivity index (χ2n) is 3.22. The molecule has 4 heteroatoms. The molecule has 0 amide bonds. The van der Waals surface area contributed by atoms with Gasteiger partial charge in [-0.25, -0.2) is 4.39 Å². The first-order valence-electron chi connectivity index (χ1n) is 4.48. The van der Waals surface area contributed by atoms with Crippen molar-refractivity contribution in [3.05, 3.63) is 29.6 Å². The predicted molar refractivity (Wildman–Crippen MR) is 51.3 cm³/mol. The van der Waals surface area contributed by atoms with Gasteiger partial charge in [0, 0.05) is 17.7 Å². The van der Waals surface area contributed by atoms with Crippen molar-refractivity contribution < 1.29 is 14.6 Å². The van der Waals surface area contributed by atoms with Crippen molar-refractivity contribution in [1.29, 1.82) is 0 Å². The molecular formula is C10H14FNO2. The third kappa shape index (κ3) is 2.21. The highest BCUT2D eigenvalue weighted by Crippen LogP contribution is 2.23. The van der Waals surface area contributed by atoms with Crippen molar-refractivity contribution in [3.63, 3.8) is 0 Å². The molecule has 0 bridgehead atoms. The maximum Gasteiger partial charge on any atom is 0.132 e. The van der Waals surface area contributed by atoms with Gasteiger partial charge in [-0.2, -0.15) is 0 Å². The van der Waals surface area contributed by atoms with Gasteiger partial charge in [0.1, 0.15) is 11.6 Å². The van der Waals surface area contributed by atoms with Gasteiger partial charge in [0.15, 0.2) is 0 Å². The molecule has 0 saturated carbocycles. The second-order valence-corrected chi connectivity index (χ2v) is 3.22. The molecule has 14 heavy (non-hydrogen) atoms. The number of benzene rings is 1. The van der Waals surface area contributed by atoms with E-state index < -0.39 is 18.0 Å². The summed E-state index contributed by atoms with van der Waals surface area (Å²) in [6.45, 7) is 1.81. The van der Waals surface area contributed by atoms with E-state index >= 15 is 0 Å². The summed E-state index contributed by atoms with van der Waals surface area (Å²) in [5, 5.41) is 18.6. The average Bonchev–Trinajstić information content (AvgIpc) is 2.15. The largest absolute Gasteiger partial charge is 0.508 e. The smallest absolute Gasteiger partial charge is 0.132 e. The number of halogens is 1. The molecule has 0 fully saturated rings. The first kappa shape index (κ1) is 10.9. The van der Waals surface area contributed by atoms with E-state index in [0.717, 1.165) is 6.07 Å². The van der Waals surface area contributed by atoms with Gasteiger partial charge in [-0.3, -0.25) is 0 Å². The fourth-order valence-corrected chi connectivity index (χ4v) is 1.21. The SMILES string of the molecule is CCC(N)C(O)c1ccc(O)cc1F. The van der Waals surface area contributed by atoms with E-state index in [9.17, 15) is 9.50 Å². The zero-order valence-corrected chi connectivity index (χ0v) is 7.94. The molecule has 3 nitrogen and oxygen atoms in total. The van der Waals surface area contributed by atoms with Crippen LogP contribution in [0.15, 0.2) is 18.2 Å². The summed E-state index contributed by atoms with van der Waals surface area (Å²) in [6, 6.07) is 3.13. The van der Waals surface area contributed by atoms with E-state index in [0.29, 0.717) is 6.42 Å². The van der Waals surface area contributed by atoms with E-state index in [2.05, 4.69) is 0 Å². The Morgan fingerprint density at radius 3 is 2.64 bits per heavy atom. The molecule has 1 aromatic rings. The van der Waals surface area contributed by atoms with Gasteiger partial charge in [0.05, 0.1) is 6.10 Å². The van der Waals surface area contributed by atoms with Crippen molar-refractivity contribution >= 4 is 0 Å². The fourth-order valence-electron chi connectivity index (χ4n) is 1.21. The Morgan fingerprint density at radius 1 is 1.50 bits per heavy atom. The number of aliphatic hydroxyl groups is 1. The Bertz CT molecular complexity index is 317. The number of rotatable bonds is 3. The molecule has 1 rings (SSSR count). The lowest BCUT2D eigenvalue weighted by Crippen LogP contribution is -2.27. The normalized spacial score (nSPS) is 15.1. The summed E-state index contributed by atoms with van der Waals surface area (Å²) < 4.78 is 13.2. The fraction of sp³-hybridized carbons (Fsp3) is 0.400. The monoisotopic (exact) mass is 199 g/mol. The van der Waals surface area contributed by atoms with Crippen LogP contribution in [-0.2, 0) is 0 Å². The minimum Gasteiger partial charge on any atom is -0.508 e. The van der Waals surface area contributed by atoms with Crippen molar-refractivity contribution in [2.24, 2.45) is 5.73 Å². The minimum absolute atomic E-state index is 0.122. The molecule has 0 spiro atoms. The van der Waals surface area contributed by atoms with Crippen molar-refractivity contribution in [3.8, 4) is 5.75 Å². The maximum atomic E-state index is 13.2. The molecule has 0 aliphatic carbocycles. The van der Waals surface area contributed by atoms with Gasteiger partial charge < -0.3 is 15.9 Å². The van der Waals surface area contributed by atoms with Gasteiger partial charge >= 0.3 is 0 Å². The zero-order valence-electron chi connectivity index (χ0n) is 7.94. The number of aromatic hydroxyl groups is 1. The van der Waals surface area contributed by atoms with Crippen LogP contribution in [0.3, 0.4) is 0 Å². The van der Waals surface area contributed by atoms with Crippen LogP contribution in [0.25, 0.3) is 0 Å². The predicted octanol–water partition coefficient (Wildman–Crippen LogP) is 1.30. The summed E-state index contributed by atoms with van der Waals surface area (Å²) in [5.74, 6) is -0.801. The molecule has 4 N–H and O–H groups in total. The Hall–Kier alpha value is -1.13. The van der Waals surface area contributed by atoms with E-state index in [4.69, 9.17) is 10.8 Å². The van der Waals surface area contributed by atoms with Gasteiger partial charge in [-0.1, -0.05) is 6.92 Å². The van der Waals surface area contributed by atoms with Crippen molar-refractivity contribution in [2.45, 2.75) is 25.5 Å². The highest BCUT2D eigenvalue weighted by Gasteiger charge is 2.18. The van der Waals surface area contributed by atoms with Crippen molar-refractivity contribution in [1.82, 2.24) is 0 Å². The molecule has 78 valence electrons. The molecule has 0 saturated heterocycles. The third-order valence-electron chi connectivity index (χ3n) is 2.18. The van der Waals surface area contributed by atoms with E-state index in [1.54, 1.807) is 0 Å². The summed E-state index contributed by atoms with van der Waals surface area (Å²) >= 11 is 0. The molecule has 2 atom stereocenters. The molecule has 0 aromatic heterocycles. The van der Waals surface area contributed by atoms with Gasteiger partial charge in [0.25, 0.3) is 0 Å². The van der Waals surface area contributed by atoms with Crippen LogP contribution in [0.4, 0.5) is 4.39 Å². The Labute approximate surface area is 82.0 Å². The lowest BCUT2D eigenvalue weighted by molar-refractivity contribution is 0.140. The first-order valence-corrected chi connectivity index (χ1v) is 4.48. The lowest BCUT2D eigenvalue weighted by atomic mass is 10.0. The Balaban J connectivity index is 2.95. The van der Waals surface area contributed by atoms with Crippen LogP contribution in [0.1, 0.15) is 25.0 Å². The van der Waals surface area contributed by atoms with E-state index in [1.165, 1.54) is 12.1 Å². The number of phenols is 1. The number of aliphatic hydroxyl groups excluding tert-OH is 1. The summed E-state index contributed by atoms with van der Waals surface area (Å²) in [6.07, 6.45) is -0.470. The first-order chi connectivity index (χ1) is 6.56. The Kier molecular flexibility index (Phi) is 3.43. The topological polar surface area (TPSA) is 66.5 Å². The zero-order chi connectivity index (χ0) is 10.7. The molecule has 0 aliphatic rings. The second kappa shape index (κ2) is 4.39. The number of nitrogens with two attached hydrogens (primary N) is 1. The van der Waals surface area contributed by atoms with Gasteiger partial charge in [-0.05, 0) is 18.6 Å². The average molecular weight is 199 g/mol. The Morgan fingerprint density at radius 2 is 2.14 bits per heavy atom. The van der Waals surface area contributed by atoms with Crippen LogP contribution in [0.5, 0.6) is 5.75 Å². The molecule has 0 heterocycles. The molecule has 2 unspecified atom stereocenters. The quantitative estimate of drug-likeness (QED) is 0.687. The van der Waals surface area contributed by atoms with Crippen LogP contribution < -0.4 is 5.73 Å². The van der Waals surface area contributed by atoms with Crippen molar-refractivity contribution in [2.75, 3.05) is 0 Å². The highest BCUT2D eigenvalue weighted by molar-refractivity contribution is 5.29. The minimum atomic E-state index is -1.03. The van der Waals surface area contributed by atoms with E-state index in [1.807, 2.05) is 6.92 Å². The number of hydrogen-bond acceptors (Lipinski definition) is 3. The van der Waals surface area contributed by atoms with Crippen LogP contribution in [0.2, 0.25) is 0 Å².